The van der Waals surface area contributed by atoms with Crippen LogP contribution in [0.4, 0.5) is 0 Å². The van der Waals surface area contributed by atoms with E-state index in [4.69, 9.17) is 11.6 Å². The van der Waals surface area contributed by atoms with Gasteiger partial charge in [0.2, 0.25) is 0 Å². The molecule has 1 saturated heterocycles. The van der Waals surface area contributed by atoms with Gasteiger partial charge in [-0.15, -0.1) is 11.6 Å². The highest BCUT2D eigenvalue weighted by atomic mass is 35.5. The number of likely N-dealkylation sites (tertiary alicyclic amines) is 1. The molecular weight excluding hydrogens is 250 g/mol. The molecule has 1 aromatic carbocycles. The van der Waals surface area contributed by atoms with Gasteiger partial charge in [-0.25, -0.2) is 0 Å². The van der Waals surface area contributed by atoms with E-state index >= 15 is 0 Å². The number of amides is 1. The lowest BCUT2D eigenvalue weighted by molar-refractivity contribution is 0.0695. The second-order valence-electron chi connectivity index (χ2n) is 4.91. The van der Waals surface area contributed by atoms with Crippen LogP contribution in [-0.2, 0) is 0 Å². The fourth-order valence-electron chi connectivity index (χ4n) is 2.28. The van der Waals surface area contributed by atoms with E-state index < -0.39 is 0 Å². The Morgan fingerprint density at radius 2 is 2.11 bits per heavy atom. The van der Waals surface area contributed by atoms with Crippen LogP contribution in [0.15, 0.2) is 18.2 Å². The number of carbonyl (C=O) groups is 1. The number of aromatic hydroxyl groups is 1. The molecule has 98 valence electrons. The minimum atomic E-state index is -0.0828. The number of hydrogen-bond acceptors (Lipinski definition) is 2. The average Bonchev–Trinajstić information content (AvgIpc) is 2.38. The number of piperidine rings is 1. The number of aryl methyl sites for hydroxylation is 1. The van der Waals surface area contributed by atoms with Crippen LogP contribution in [0.25, 0.3) is 0 Å². The van der Waals surface area contributed by atoms with Crippen LogP contribution in [0.2, 0.25) is 0 Å². The van der Waals surface area contributed by atoms with Crippen molar-refractivity contribution in [1.82, 2.24) is 4.90 Å². The zero-order chi connectivity index (χ0) is 13.1. The monoisotopic (exact) mass is 267 g/mol. The number of phenolic OH excluding ortho intramolecular Hbond substituents is 1. The van der Waals surface area contributed by atoms with Crippen molar-refractivity contribution < 1.29 is 9.90 Å². The van der Waals surface area contributed by atoms with E-state index in [0.717, 1.165) is 31.5 Å². The predicted molar refractivity (Wildman–Crippen MR) is 72.2 cm³/mol. The Bertz CT molecular complexity index is 439. The van der Waals surface area contributed by atoms with Crippen molar-refractivity contribution in [2.45, 2.75) is 19.8 Å². The van der Waals surface area contributed by atoms with Gasteiger partial charge in [0.1, 0.15) is 5.75 Å². The van der Waals surface area contributed by atoms with E-state index in [9.17, 15) is 9.90 Å². The first-order valence-electron chi connectivity index (χ1n) is 6.26. The van der Waals surface area contributed by atoms with Crippen molar-refractivity contribution in [2.24, 2.45) is 5.92 Å². The number of halogens is 1. The first-order chi connectivity index (χ1) is 8.61. The lowest BCUT2D eigenvalue weighted by Gasteiger charge is -2.31. The van der Waals surface area contributed by atoms with Crippen LogP contribution in [0.5, 0.6) is 5.75 Å². The summed E-state index contributed by atoms with van der Waals surface area (Å²) in [6, 6.07) is 5.16. The van der Waals surface area contributed by atoms with Crippen molar-refractivity contribution in [2.75, 3.05) is 19.0 Å². The van der Waals surface area contributed by atoms with Crippen LogP contribution < -0.4 is 0 Å². The van der Waals surface area contributed by atoms with Crippen LogP contribution in [0.3, 0.4) is 0 Å². The molecule has 1 aliphatic heterocycles. The minimum Gasteiger partial charge on any atom is -0.507 e. The highest BCUT2D eigenvalue weighted by Gasteiger charge is 2.24. The molecule has 0 unspecified atom stereocenters. The Balaban J connectivity index is 2.08. The highest BCUT2D eigenvalue weighted by molar-refractivity contribution is 6.18. The molecule has 0 radical (unpaired) electrons. The van der Waals surface area contributed by atoms with Crippen LogP contribution >= 0.6 is 11.6 Å². The summed E-state index contributed by atoms with van der Waals surface area (Å²) in [5.41, 5.74) is 1.34. The molecule has 1 amide bonds. The molecule has 0 aliphatic carbocycles. The van der Waals surface area contributed by atoms with E-state index in [1.165, 1.54) is 0 Å². The van der Waals surface area contributed by atoms with Gasteiger partial charge in [-0.3, -0.25) is 4.79 Å². The van der Waals surface area contributed by atoms with Crippen LogP contribution in [0, 0.1) is 12.8 Å². The Morgan fingerprint density at radius 3 is 2.67 bits per heavy atom. The summed E-state index contributed by atoms with van der Waals surface area (Å²) >= 11 is 5.82. The largest absolute Gasteiger partial charge is 0.507 e. The lowest BCUT2D eigenvalue weighted by Crippen LogP contribution is -2.38. The first-order valence-corrected chi connectivity index (χ1v) is 6.80. The molecule has 1 heterocycles. The molecule has 0 bridgehead atoms. The molecule has 1 fully saturated rings. The third-order valence-electron chi connectivity index (χ3n) is 3.50. The summed E-state index contributed by atoms with van der Waals surface area (Å²) in [6.07, 6.45) is 1.89. The maximum atomic E-state index is 12.3. The Kier molecular flexibility index (Phi) is 4.12. The molecule has 2 rings (SSSR count). The smallest absolute Gasteiger partial charge is 0.257 e. The van der Waals surface area contributed by atoms with Gasteiger partial charge in [0.15, 0.2) is 0 Å². The van der Waals surface area contributed by atoms with Crippen molar-refractivity contribution in [3.05, 3.63) is 29.3 Å². The molecule has 0 atom stereocenters. The minimum absolute atomic E-state index is 0.0690. The number of hydrogen-bond donors (Lipinski definition) is 1. The third kappa shape index (κ3) is 2.78. The Labute approximate surface area is 112 Å². The van der Waals surface area contributed by atoms with Crippen LogP contribution in [0.1, 0.15) is 28.8 Å². The molecule has 1 aliphatic rings. The van der Waals surface area contributed by atoms with E-state index in [1.54, 1.807) is 17.0 Å². The molecule has 18 heavy (non-hydrogen) atoms. The van der Waals surface area contributed by atoms with E-state index in [1.807, 2.05) is 13.0 Å². The summed E-state index contributed by atoms with van der Waals surface area (Å²) < 4.78 is 0. The number of alkyl halides is 1. The van der Waals surface area contributed by atoms with Gasteiger partial charge >= 0.3 is 0 Å². The SMILES string of the molecule is Cc1ccc(C(=O)N2CCC(CCl)CC2)c(O)c1. The van der Waals surface area contributed by atoms with E-state index in [2.05, 4.69) is 0 Å². The van der Waals surface area contributed by atoms with Gasteiger partial charge in [-0.2, -0.15) is 0 Å². The number of phenols is 1. The first kappa shape index (κ1) is 13.2. The predicted octanol–water partition coefficient (Wildman–Crippen LogP) is 2.79. The summed E-state index contributed by atoms with van der Waals surface area (Å²) in [5.74, 6) is 1.17. The zero-order valence-corrected chi connectivity index (χ0v) is 11.3. The topological polar surface area (TPSA) is 40.5 Å². The number of carbonyl (C=O) groups excluding carboxylic acids is 1. The number of benzene rings is 1. The Morgan fingerprint density at radius 1 is 1.44 bits per heavy atom. The molecule has 1 aromatic rings. The maximum Gasteiger partial charge on any atom is 0.257 e. The summed E-state index contributed by atoms with van der Waals surface area (Å²) in [5, 5.41) is 9.82. The van der Waals surface area contributed by atoms with Gasteiger partial charge in [-0.05, 0) is 43.4 Å². The van der Waals surface area contributed by atoms with Gasteiger partial charge in [0.25, 0.3) is 5.91 Å². The molecule has 0 spiro atoms. The van der Waals surface area contributed by atoms with E-state index in [0.29, 0.717) is 17.4 Å². The van der Waals surface area contributed by atoms with Gasteiger partial charge in [0, 0.05) is 19.0 Å². The summed E-state index contributed by atoms with van der Waals surface area (Å²) in [6.45, 7) is 3.34. The molecule has 0 aromatic heterocycles. The van der Waals surface area contributed by atoms with Crippen molar-refractivity contribution in [3.8, 4) is 5.75 Å². The maximum absolute atomic E-state index is 12.3. The van der Waals surface area contributed by atoms with Crippen molar-refractivity contribution >= 4 is 17.5 Å². The summed E-state index contributed by atoms with van der Waals surface area (Å²) in [4.78, 5) is 14.1. The van der Waals surface area contributed by atoms with Crippen molar-refractivity contribution in [3.63, 3.8) is 0 Å². The number of rotatable bonds is 2. The standard InChI is InChI=1S/C14H18ClNO2/c1-10-2-3-12(13(17)8-10)14(18)16-6-4-11(9-15)5-7-16/h2-3,8,11,17H,4-7,9H2,1H3. The quantitative estimate of drug-likeness (QED) is 0.837. The van der Waals surface area contributed by atoms with Crippen molar-refractivity contribution in [1.29, 1.82) is 0 Å². The average molecular weight is 268 g/mol. The molecule has 0 saturated carbocycles. The second-order valence-corrected chi connectivity index (χ2v) is 5.22. The lowest BCUT2D eigenvalue weighted by atomic mass is 9.98. The fourth-order valence-corrected chi connectivity index (χ4v) is 2.59. The van der Waals surface area contributed by atoms with Crippen LogP contribution in [-0.4, -0.2) is 34.9 Å². The third-order valence-corrected chi connectivity index (χ3v) is 3.94. The van der Waals surface area contributed by atoms with E-state index in [-0.39, 0.29) is 11.7 Å². The molecule has 4 heteroatoms. The van der Waals surface area contributed by atoms with Gasteiger partial charge in [-0.1, -0.05) is 6.07 Å². The fraction of sp³-hybridized carbons (Fsp3) is 0.500. The highest BCUT2D eigenvalue weighted by Crippen LogP contribution is 2.24. The molecule has 1 N–H and O–H groups in total. The normalized spacial score (nSPS) is 16.9. The zero-order valence-electron chi connectivity index (χ0n) is 10.5. The molecular formula is C14H18ClNO2. The summed E-state index contributed by atoms with van der Waals surface area (Å²) in [7, 11) is 0. The van der Waals surface area contributed by atoms with Gasteiger partial charge < -0.3 is 10.0 Å². The number of nitrogens with zero attached hydrogens (tertiary/aromatic N) is 1. The second kappa shape index (κ2) is 5.61. The molecule has 3 nitrogen and oxygen atoms in total. The Hall–Kier alpha value is -1.22. The van der Waals surface area contributed by atoms with Gasteiger partial charge in [0.05, 0.1) is 5.56 Å².